The van der Waals surface area contributed by atoms with Crippen molar-refractivity contribution in [1.82, 2.24) is 10.3 Å². The summed E-state index contributed by atoms with van der Waals surface area (Å²) in [4.78, 5) is 14.3. The lowest BCUT2D eigenvalue weighted by atomic mass is 9.99. The first kappa shape index (κ1) is 10.6. The fourth-order valence-corrected chi connectivity index (χ4v) is 2.51. The number of halogens is 1. The van der Waals surface area contributed by atoms with Gasteiger partial charge in [0.05, 0.1) is 0 Å². The summed E-state index contributed by atoms with van der Waals surface area (Å²) in [6, 6.07) is 5.12. The highest BCUT2D eigenvalue weighted by molar-refractivity contribution is 6.31. The number of nitrogens with one attached hydrogen (secondary N) is 2. The molecule has 0 spiro atoms. The summed E-state index contributed by atoms with van der Waals surface area (Å²) in [5.74, 6) is -0.813. The zero-order valence-corrected chi connectivity index (χ0v) is 9.71. The third-order valence-electron chi connectivity index (χ3n) is 3.19. The molecule has 1 unspecified atom stereocenters. The van der Waals surface area contributed by atoms with Crippen LogP contribution in [-0.4, -0.2) is 22.1 Å². The quantitative estimate of drug-likeness (QED) is 0.725. The van der Waals surface area contributed by atoms with Crippen molar-refractivity contribution in [3.63, 3.8) is 0 Å². The molecular formula is C12H11ClN2O2. The predicted molar refractivity (Wildman–Crippen MR) is 65.3 cm³/mol. The summed E-state index contributed by atoms with van der Waals surface area (Å²) in [6.45, 7) is 0.554. The molecule has 17 heavy (non-hydrogen) atoms. The first-order valence-electron chi connectivity index (χ1n) is 5.40. The monoisotopic (exact) mass is 250 g/mol. The number of aromatic amines is 1. The third-order valence-corrected chi connectivity index (χ3v) is 3.42. The molecular weight excluding hydrogens is 240 g/mol. The van der Waals surface area contributed by atoms with Gasteiger partial charge < -0.3 is 10.1 Å². The second kappa shape index (κ2) is 3.75. The van der Waals surface area contributed by atoms with E-state index in [0.717, 1.165) is 22.2 Å². The van der Waals surface area contributed by atoms with Crippen molar-refractivity contribution in [1.29, 1.82) is 0 Å². The summed E-state index contributed by atoms with van der Waals surface area (Å²) in [7, 11) is 0. The lowest BCUT2D eigenvalue weighted by molar-refractivity contribution is -0.139. The van der Waals surface area contributed by atoms with Crippen molar-refractivity contribution in [3.8, 4) is 0 Å². The van der Waals surface area contributed by atoms with E-state index in [1.807, 2.05) is 18.2 Å². The number of carboxylic acids is 1. The van der Waals surface area contributed by atoms with Crippen LogP contribution in [0.5, 0.6) is 0 Å². The number of hydrogen-bond donors (Lipinski definition) is 3. The second-order valence-electron chi connectivity index (χ2n) is 4.25. The molecule has 1 aliphatic heterocycles. The van der Waals surface area contributed by atoms with Crippen LogP contribution in [0.15, 0.2) is 18.2 Å². The lowest BCUT2D eigenvalue weighted by Gasteiger charge is -2.20. The summed E-state index contributed by atoms with van der Waals surface area (Å²) in [5, 5.41) is 13.7. The van der Waals surface area contributed by atoms with Crippen LogP contribution in [0.3, 0.4) is 0 Å². The molecule has 0 aliphatic carbocycles. The van der Waals surface area contributed by atoms with Gasteiger partial charge in [-0.25, -0.2) is 0 Å². The van der Waals surface area contributed by atoms with Crippen molar-refractivity contribution >= 4 is 28.5 Å². The fourth-order valence-electron chi connectivity index (χ4n) is 2.34. The molecule has 2 heterocycles. The Hall–Kier alpha value is -1.52. The van der Waals surface area contributed by atoms with E-state index in [9.17, 15) is 4.79 Å². The van der Waals surface area contributed by atoms with E-state index in [1.165, 1.54) is 0 Å². The van der Waals surface area contributed by atoms with Gasteiger partial charge in [0.1, 0.15) is 6.04 Å². The van der Waals surface area contributed by atoms with E-state index in [0.29, 0.717) is 18.0 Å². The third kappa shape index (κ3) is 1.69. The highest BCUT2D eigenvalue weighted by Gasteiger charge is 2.26. The van der Waals surface area contributed by atoms with Gasteiger partial charge in [-0.3, -0.25) is 10.1 Å². The van der Waals surface area contributed by atoms with Crippen molar-refractivity contribution in [2.75, 3.05) is 0 Å². The van der Waals surface area contributed by atoms with E-state index in [4.69, 9.17) is 16.7 Å². The molecule has 1 atom stereocenters. The Morgan fingerprint density at radius 1 is 1.47 bits per heavy atom. The van der Waals surface area contributed by atoms with Crippen LogP contribution < -0.4 is 5.32 Å². The van der Waals surface area contributed by atoms with Crippen LogP contribution in [0.2, 0.25) is 5.02 Å². The van der Waals surface area contributed by atoms with Gasteiger partial charge in [0.15, 0.2) is 0 Å². The molecule has 1 aliphatic rings. The molecule has 88 valence electrons. The molecule has 0 radical (unpaired) electrons. The minimum atomic E-state index is -0.813. The van der Waals surface area contributed by atoms with Crippen molar-refractivity contribution in [3.05, 3.63) is 34.5 Å². The van der Waals surface area contributed by atoms with Crippen LogP contribution in [0.1, 0.15) is 11.3 Å². The summed E-state index contributed by atoms with van der Waals surface area (Å²) >= 11 is 5.97. The summed E-state index contributed by atoms with van der Waals surface area (Å²) < 4.78 is 0. The molecule has 0 saturated carbocycles. The number of rotatable bonds is 1. The van der Waals surface area contributed by atoms with Gasteiger partial charge in [-0.1, -0.05) is 11.6 Å². The Bertz CT molecular complexity index is 606. The molecule has 1 aromatic heterocycles. The van der Waals surface area contributed by atoms with Gasteiger partial charge in [-0.15, -0.1) is 0 Å². The SMILES string of the molecule is O=C(O)C1Cc2c([nH]c3ccc(Cl)cc23)CN1. The van der Waals surface area contributed by atoms with Gasteiger partial charge in [-0.05, 0) is 23.8 Å². The zero-order valence-electron chi connectivity index (χ0n) is 8.96. The smallest absolute Gasteiger partial charge is 0.321 e. The number of benzene rings is 1. The average Bonchev–Trinajstić information content (AvgIpc) is 2.66. The lowest BCUT2D eigenvalue weighted by Crippen LogP contribution is -2.41. The number of H-pyrrole nitrogens is 1. The molecule has 3 N–H and O–H groups in total. The number of aliphatic carboxylic acids is 1. The molecule has 0 bridgehead atoms. The Balaban J connectivity index is 2.13. The number of hydrogen-bond acceptors (Lipinski definition) is 2. The van der Waals surface area contributed by atoms with Crippen LogP contribution in [0.25, 0.3) is 10.9 Å². The van der Waals surface area contributed by atoms with E-state index in [2.05, 4.69) is 10.3 Å². The molecule has 0 fully saturated rings. The van der Waals surface area contributed by atoms with Crippen molar-refractivity contribution in [2.24, 2.45) is 0 Å². The first-order valence-corrected chi connectivity index (χ1v) is 5.78. The fraction of sp³-hybridized carbons (Fsp3) is 0.250. The first-order chi connectivity index (χ1) is 8.15. The maximum Gasteiger partial charge on any atom is 0.321 e. The summed E-state index contributed by atoms with van der Waals surface area (Å²) in [6.07, 6.45) is 0.491. The molecule has 3 rings (SSSR count). The Morgan fingerprint density at radius 3 is 3.06 bits per heavy atom. The Kier molecular flexibility index (Phi) is 2.34. The van der Waals surface area contributed by atoms with E-state index < -0.39 is 12.0 Å². The van der Waals surface area contributed by atoms with Crippen LogP contribution in [0, 0.1) is 0 Å². The second-order valence-corrected chi connectivity index (χ2v) is 4.68. The Morgan fingerprint density at radius 2 is 2.29 bits per heavy atom. The minimum Gasteiger partial charge on any atom is -0.480 e. The maximum absolute atomic E-state index is 11.0. The van der Waals surface area contributed by atoms with Gasteiger partial charge in [0, 0.05) is 34.6 Å². The largest absolute Gasteiger partial charge is 0.480 e. The average molecular weight is 251 g/mol. The van der Waals surface area contributed by atoms with Gasteiger partial charge in [0.25, 0.3) is 0 Å². The van der Waals surface area contributed by atoms with E-state index in [1.54, 1.807) is 0 Å². The number of carboxylic acid groups (broad SMARTS) is 1. The standard InChI is InChI=1S/C12H11ClN2O2/c13-6-1-2-9-7(3-6)8-4-10(12(16)17)14-5-11(8)15-9/h1-3,10,14-15H,4-5H2,(H,16,17). The van der Waals surface area contributed by atoms with Crippen LogP contribution in [0.4, 0.5) is 0 Å². The maximum atomic E-state index is 11.0. The number of carbonyl (C=O) groups is 1. The van der Waals surface area contributed by atoms with E-state index >= 15 is 0 Å². The molecule has 4 nitrogen and oxygen atoms in total. The number of aromatic nitrogens is 1. The molecule has 0 saturated heterocycles. The zero-order chi connectivity index (χ0) is 12.0. The predicted octanol–water partition coefficient (Wildman–Crippen LogP) is 1.92. The molecule has 1 aromatic carbocycles. The van der Waals surface area contributed by atoms with Crippen LogP contribution >= 0.6 is 11.6 Å². The Labute approximate surface area is 103 Å². The van der Waals surface area contributed by atoms with Crippen LogP contribution in [-0.2, 0) is 17.8 Å². The molecule has 0 amide bonds. The van der Waals surface area contributed by atoms with Gasteiger partial charge in [-0.2, -0.15) is 0 Å². The highest BCUT2D eigenvalue weighted by Crippen LogP contribution is 2.28. The van der Waals surface area contributed by atoms with Gasteiger partial charge >= 0.3 is 5.97 Å². The van der Waals surface area contributed by atoms with Crippen molar-refractivity contribution in [2.45, 2.75) is 19.0 Å². The highest BCUT2D eigenvalue weighted by atomic mass is 35.5. The minimum absolute atomic E-state index is 0.491. The van der Waals surface area contributed by atoms with Gasteiger partial charge in [0.2, 0.25) is 0 Å². The normalized spacial score (nSPS) is 19.2. The van der Waals surface area contributed by atoms with E-state index in [-0.39, 0.29) is 0 Å². The van der Waals surface area contributed by atoms with Crippen molar-refractivity contribution < 1.29 is 9.90 Å². The summed E-state index contributed by atoms with van der Waals surface area (Å²) in [5.41, 5.74) is 3.13. The molecule has 2 aromatic rings. The number of fused-ring (bicyclic) bond motifs is 3. The topological polar surface area (TPSA) is 65.1 Å². The molecule has 5 heteroatoms.